The van der Waals surface area contributed by atoms with Crippen molar-refractivity contribution in [2.75, 3.05) is 5.32 Å². The first-order valence-electron chi connectivity index (χ1n) is 9.05. The van der Waals surface area contributed by atoms with Crippen LogP contribution in [0.1, 0.15) is 48.4 Å². The minimum absolute atomic E-state index is 0.0323. The number of carbonyl (C=O) groups excluding carboxylic acids is 2. The van der Waals surface area contributed by atoms with Crippen molar-refractivity contribution in [3.63, 3.8) is 0 Å². The van der Waals surface area contributed by atoms with Gasteiger partial charge in [-0.2, -0.15) is 0 Å². The number of hydrogen-bond acceptors (Lipinski definition) is 4. The fourth-order valence-electron chi connectivity index (χ4n) is 3.09. The highest BCUT2D eigenvalue weighted by Gasteiger charge is 2.23. The molecule has 28 heavy (non-hydrogen) atoms. The van der Waals surface area contributed by atoms with E-state index in [9.17, 15) is 19.2 Å². The zero-order valence-corrected chi connectivity index (χ0v) is 17.0. The molecule has 8 nitrogen and oxygen atoms in total. The molecule has 0 unspecified atom stereocenters. The molecule has 2 aromatic rings. The van der Waals surface area contributed by atoms with Crippen molar-refractivity contribution < 1.29 is 9.59 Å². The Morgan fingerprint density at radius 1 is 1.00 bits per heavy atom. The van der Waals surface area contributed by atoms with Crippen LogP contribution in [-0.2, 0) is 14.1 Å². The number of rotatable bonds is 5. The molecule has 2 rings (SSSR count). The molecule has 1 N–H and O–H groups in total. The van der Waals surface area contributed by atoms with Crippen molar-refractivity contribution in [2.45, 2.75) is 39.8 Å². The number of nitrogens with one attached hydrogen (secondary N) is 1. The number of carbonyl (C=O) groups is 2. The molecular weight excluding hydrogens is 360 g/mol. The number of amides is 2. The smallest absolute Gasteiger partial charge is 0.274 e. The van der Waals surface area contributed by atoms with Gasteiger partial charge in [0.05, 0.1) is 5.56 Å². The van der Waals surface area contributed by atoms with Gasteiger partial charge in [-0.1, -0.05) is 0 Å². The average Bonchev–Trinajstić information content (AvgIpc) is 2.60. The van der Waals surface area contributed by atoms with Crippen molar-refractivity contribution in [3.05, 3.63) is 62.4 Å². The standard InChI is InChI=1S/C20H26N4O4/c1-12(2)24(13(3)4)18(26)14-10-16(20(28)23(6)11-14)21-17(25)15-8-7-9-22(5)19(15)27/h7-13H,1-6H3,(H,21,25). The van der Waals surface area contributed by atoms with E-state index in [1.807, 2.05) is 27.7 Å². The Morgan fingerprint density at radius 3 is 2.18 bits per heavy atom. The Morgan fingerprint density at radius 2 is 1.61 bits per heavy atom. The van der Waals surface area contributed by atoms with Crippen molar-refractivity contribution >= 4 is 17.5 Å². The Kier molecular flexibility index (Phi) is 6.23. The number of nitrogens with zero attached hydrogens (tertiary/aromatic N) is 3. The topological polar surface area (TPSA) is 93.4 Å². The van der Waals surface area contributed by atoms with Crippen LogP contribution in [-0.4, -0.2) is 37.9 Å². The number of aryl methyl sites for hydroxylation is 2. The van der Waals surface area contributed by atoms with Crippen molar-refractivity contribution in [1.29, 1.82) is 0 Å². The van der Waals surface area contributed by atoms with Gasteiger partial charge in [-0.25, -0.2) is 0 Å². The Bertz CT molecular complexity index is 1010. The van der Waals surface area contributed by atoms with E-state index in [0.29, 0.717) is 0 Å². The minimum atomic E-state index is -0.701. The molecule has 2 heterocycles. The third kappa shape index (κ3) is 4.21. The number of aromatic nitrogens is 2. The van der Waals surface area contributed by atoms with Gasteiger partial charge in [0.15, 0.2) is 0 Å². The van der Waals surface area contributed by atoms with Gasteiger partial charge in [0.1, 0.15) is 11.3 Å². The molecule has 8 heteroatoms. The number of pyridine rings is 2. The molecule has 0 spiro atoms. The first-order valence-corrected chi connectivity index (χ1v) is 9.05. The predicted molar refractivity (Wildman–Crippen MR) is 108 cm³/mol. The zero-order valence-electron chi connectivity index (χ0n) is 17.0. The van der Waals surface area contributed by atoms with Crippen LogP contribution in [0.25, 0.3) is 0 Å². The maximum Gasteiger partial charge on any atom is 0.274 e. The van der Waals surface area contributed by atoms with Gasteiger partial charge in [0.25, 0.3) is 22.9 Å². The van der Waals surface area contributed by atoms with Crippen LogP contribution in [0.5, 0.6) is 0 Å². The van der Waals surface area contributed by atoms with Crippen LogP contribution in [0.2, 0.25) is 0 Å². The monoisotopic (exact) mass is 386 g/mol. The first-order chi connectivity index (χ1) is 13.0. The van der Waals surface area contributed by atoms with Gasteiger partial charge in [-0.15, -0.1) is 0 Å². The summed E-state index contributed by atoms with van der Waals surface area (Å²) < 4.78 is 2.51. The fraction of sp³-hybridized carbons (Fsp3) is 0.400. The van der Waals surface area contributed by atoms with Gasteiger partial charge in [0.2, 0.25) is 0 Å². The summed E-state index contributed by atoms with van der Waals surface area (Å²) in [6.45, 7) is 7.64. The second kappa shape index (κ2) is 8.24. The molecule has 2 aromatic heterocycles. The van der Waals surface area contributed by atoms with Crippen LogP contribution in [0.3, 0.4) is 0 Å². The highest BCUT2D eigenvalue weighted by atomic mass is 16.2. The first kappa shape index (κ1) is 21.1. The van der Waals surface area contributed by atoms with Crippen LogP contribution >= 0.6 is 0 Å². The molecule has 0 atom stereocenters. The molecular formula is C20H26N4O4. The molecule has 0 saturated heterocycles. The second-order valence-corrected chi connectivity index (χ2v) is 7.25. The van der Waals surface area contributed by atoms with E-state index in [0.717, 1.165) is 0 Å². The lowest BCUT2D eigenvalue weighted by Crippen LogP contribution is -2.42. The lowest BCUT2D eigenvalue weighted by molar-refractivity contribution is 0.0642. The molecule has 0 aliphatic heterocycles. The lowest BCUT2D eigenvalue weighted by Gasteiger charge is -2.31. The van der Waals surface area contributed by atoms with E-state index in [2.05, 4.69) is 5.32 Å². The van der Waals surface area contributed by atoms with E-state index in [1.54, 1.807) is 11.0 Å². The molecule has 150 valence electrons. The SMILES string of the molecule is CC(C)N(C(=O)c1cc(NC(=O)c2cccn(C)c2=O)c(=O)n(C)c1)C(C)C. The van der Waals surface area contributed by atoms with Crippen LogP contribution in [0, 0.1) is 0 Å². The summed E-state index contributed by atoms with van der Waals surface area (Å²) in [5, 5.41) is 2.47. The van der Waals surface area contributed by atoms with E-state index in [-0.39, 0.29) is 34.8 Å². The summed E-state index contributed by atoms with van der Waals surface area (Å²) >= 11 is 0. The summed E-state index contributed by atoms with van der Waals surface area (Å²) in [6, 6.07) is 4.24. The quantitative estimate of drug-likeness (QED) is 0.845. The summed E-state index contributed by atoms with van der Waals surface area (Å²) in [4.78, 5) is 51.7. The van der Waals surface area contributed by atoms with Crippen LogP contribution in [0.15, 0.2) is 40.2 Å². The normalized spacial score (nSPS) is 11.0. The Hall–Kier alpha value is -3.16. The van der Waals surface area contributed by atoms with Gasteiger partial charge in [0, 0.05) is 38.6 Å². The second-order valence-electron chi connectivity index (χ2n) is 7.25. The van der Waals surface area contributed by atoms with Crippen molar-refractivity contribution in [3.8, 4) is 0 Å². The third-order valence-corrected chi connectivity index (χ3v) is 4.39. The van der Waals surface area contributed by atoms with Crippen LogP contribution in [0.4, 0.5) is 5.69 Å². The Labute approximate surface area is 163 Å². The summed E-state index contributed by atoms with van der Waals surface area (Å²) in [5.74, 6) is -0.945. The van der Waals surface area contributed by atoms with E-state index >= 15 is 0 Å². The summed E-state index contributed by atoms with van der Waals surface area (Å²) in [5.41, 5.74) is -0.819. The third-order valence-electron chi connectivity index (χ3n) is 4.39. The highest BCUT2D eigenvalue weighted by molar-refractivity contribution is 6.04. The van der Waals surface area contributed by atoms with Crippen LogP contribution < -0.4 is 16.4 Å². The number of anilines is 1. The highest BCUT2D eigenvalue weighted by Crippen LogP contribution is 2.14. The lowest BCUT2D eigenvalue weighted by atomic mass is 10.1. The molecule has 0 saturated carbocycles. The maximum absolute atomic E-state index is 12.9. The number of hydrogen-bond donors (Lipinski definition) is 1. The van der Waals surface area contributed by atoms with Crippen molar-refractivity contribution in [1.82, 2.24) is 14.0 Å². The maximum atomic E-state index is 12.9. The predicted octanol–water partition coefficient (Wildman–Crippen LogP) is 1.60. The van der Waals surface area contributed by atoms with E-state index in [1.165, 1.54) is 47.8 Å². The van der Waals surface area contributed by atoms with Crippen molar-refractivity contribution in [2.24, 2.45) is 14.1 Å². The summed E-state index contributed by atoms with van der Waals surface area (Å²) in [6.07, 6.45) is 2.98. The van der Waals surface area contributed by atoms with E-state index in [4.69, 9.17) is 0 Å². The molecule has 0 aromatic carbocycles. The molecule has 0 bridgehead atoms. The molecule has 0 radical (unpaired) electrons. The average molecular weight is 386 g/mol. The molecule has 2 amide bonds. The zero-order chi connectivity index (χ0) is 21.2. The van der Waals surface area contributed by atoms with Gasteiger partial charge >= 0.3 is 0 Å². The Balaban J connectivity index is 2.45. The van der Waals surface area contributed by atoms with Gasteiger partial charge < -0.3 is 19.4 Å². The molecule has 0 fully saturated rings. The minimum Gasteiger partial charge on any atom is -0.334 e. The summed E-state index contributed by atoms with van der Waals surface area (Å²) in [7, 11) is 3.04. The van der Waals surface area contributed by atoms with Gasteiger partial charge in [-0.3, -0.25) is 19.2 Å². The van der Waals surface area contributed by atoms with E-state index < -0.39 is 17.0 Å². The molecule has 0 aliphatic rings. The van der Waals surface area contributed by atoms with Gasteiger partial charge in [-0.05, 0) is 45.9 Å². The molecule has 0 aliphatic carbocycles. The largest absolute Gasteiger partial charge is 0.334 e. The fourth-order valence-corrected chi connectivity index (χ4v) is 3.09.